The molecule has 0 atom stereocenters. The smallest absolute Gasteiger partial charge is 0.172 e. The van der Waals surface area contributed by atoms with Gasteiger partial charge < -0.3 is 0 Å². The van der Waals surface area contributed by atoms with Crippen molar-refractivity contribution in [3.05, 3.63) is 0 Å². The zero-order valence-corrected chi connectivity index (χ0v) is 4.84. The van der Waals surface area contributed by atoms with Crippen molar-refractivity contribution in [3.63, 3.8) is 0 Å². The Morgan fingerprint density at radius 2 is 1.86 bits per heavy atom. The van der Waals surface area contributed by atoms with Gasteiger partial charge in [0.15, 0.2) is 0 Å². The monoisotopic (exact) mass is 126 g/mol. The second-order valence-corrected chi connectivity index (χ2v) is 2.21. The molecule has 42 valence electrons. The van der Waals surface area contributed by atoms with Crippen LogP contribution >= 0.6 is 0 Å². The summed E-state index contributed by atoms with van der Waals surface area (Å²) < 4.78 is 33.2. The molecule has 0 aliphatic rings. The molecule has 0 fully saturated rings. The van der Waals surface area contributed by atoms with Crippen LogP contribution in [0.3, 0.4) is 0 Å². The molecule has 0 saturated carbocycles. The summed E-state index contributed by atoms with van der Waals surface area (Å²) in [5.74, 6) is 0. The fraction of sp³-hybridized carbons (Fsp3) is 1.00. The van der Waals surface area contributed by atoms with Crippen LogP contribution in [0.25, 0.3) is 0 Å². The molecule has 0 N–H and O–H groups in total. The molecular weight excluding hydrogens is 121 g/mol. The largest absolute Gasteiger partial charge is 0.386 e. The molecule has 0 bridgehead atoms. The zero-order valence-electron chi connectivity index (χ0n) is 3.84. The van der Waals surface area contributed by atoms with E-state index in [1.165, 1.54) is 6.55 Å². The molecule has 0 rings (SSSR count). The summed E-state index contributed by atoms with van der Waals surface area (Å²) in [5, 5.41) is 0. The average molecular weight is 126 g/mol. The molecule has 0 aromatic carbocycles. The van der Waals surface area contributed by atoms with Gasteiger partial charge in [0.2, 0.25) is 0 Å². The maximum absolute atomic E-state index is 11.1. The highest BCUT2D eigenvalue weighted by Crippen LogP contribution is 2.18. The van der Waals surface area contributed by atoms with E-state index < -0.39 is 12.2 Å². The molecule has 4 heteroatoms. The minimum Gasteiger partial charge on any atom is -0.172 e. The summed E-state index contributed by atoms with van der Waals surface area (Å²) in [6, 6.07) is -0.632. The van der Waals surface area contributed by atoms with Gasteiger partial charge in [0.1, 0.15) is 0 Å². The van der Waals surface area contributed by atoms with E-state index in [4.69, 9.17) is 0 Å². The fourth-order valence-corrected chi connectivity index (χ4v) is 0.601. The lowest BCUT2D eigenvalue weighted by atomic mass is 10.8. The third-order valence-electron chi connectivity index (χ3n) is 0.377. The van der Waals surface area contributed by atoms with E-state index in [0.717, 1.165) is 0 Å². The van der Waals surface area contributed by atoms with Gasteiger partial charge in [-0.3, -0.25) is 0 Å². The van der Waals surface area contributed by atoms with E-state index in [1.807, 2.05) is 0 Å². The van der Waals surface area contributed by atoms with E-state index in [-0.39, 0.29) is 9.52 Å². The summed E-state index contributed by atoms with van der Waals surface area (Å²) in [6.07, 6.45) is -3.94. The standard InChI is InChI=1S/C3H5F3Si/c1-7-2-3(4,5)6/h2H2,1H3. The maximum atomic E-state index is 11.1. The minimum absolute atomic E-state index is 0.0158. The molecular formula is C3H5F3Si. The van der Waals surface area contributed by atoms with Gasteiger partial charge in [0, 0.05) is 15.6 Å². The van der Waals surface area contributed by atoms with Crippen molar-refractivity contribution < 1.29 is 13.2 Å². The molecule has 0 heterocycles. The average Bonchev–Trinajstić information content (AvgIpc) is 1.30. The number of hydrogen-bond donors (Lipinski definition) is 0. The van der Waals surface area contributed by atoms with Crippen LogP contribution in [0, 0.1) is 0 Å². The van der Waals surface area contributed by atoms with Gasteiger partial charge in [-0.15, -0.1) is 0 Å². The lowest BCUT2D eigenvalue weighted by Gasteiger charge is -1.99. The van der Waals surface area contributed by atoms with Gasteiger partial charge >= 0.3 is 6.18 Å². The van der Waals surface area contributed by atoms with Gasteiger partial charge in [-0.2, -0.15) is 13.2 Å². The molecule has 0 nitrogen and oxygen atoms in total. The van der Waals surface area contributed by atoms with Crippen molar-refractivity contribution in [2.24, 2.45) is 0 Å². The van der Waals surface area contributed by atoms with Crippen molar-refractivity contribution >= 4 is 9.52 Å². The molecule has 0 aliphatic carbocycles. The normalized spacial score (nSPS) is 12.0. The summed E-state index contributed by atoms with van der Waals surface area (Å²) in [5.41, 5.74) is 0. The fourth-order valence-electron chi connectivity index (χ4n) is 0.200. The Morgan fingerprint density at radius 3 is 1.86 bits per heavy atom. The first kappa shape index (κ1) is 7.01. The Labute approximate surface area is 42.5 Å². The van der Waals surface area contributed by atoms with E-state index >= 15 is 0 Å². The quantitative estimate of drug-likeness (QED) is 0.469. The van der Waals surface area contributed by atoms with Crippen LogP contribution in [0.15, 0.2) is 0 Å². The lowest BCUT2D eigenvalue weighted by Crippen LogP contribution is -2.07. The van der Waals surface area contributed by atoms with E-state index in [9.17, 15) is 13.2 Å². The molecule has 0 aromatic rings. The van der Waals surface area contributed by atoms with Crippen LogP contribution in [0.2, 0.25) is 12.6 Å². The van der Waals surface area contributed by atoms with Gasteiger partial charge in [0.25, 0.3) is 0 Å². The van der Waals surface area contributed by atoms with Crippen molar-refractivity contribution in [2.75, 3.05) is 0 Å². The van der Waals surface area contributed by atoms with Crippen LogP contribution in [0.5, 0.6) is 0 Å². The van der Waals surface area contributed by atoms with Crippen molar-refractivity contribution in [2.45, 2.75) is 18.8 Å². The highest BCUT2D eigenvalue weighted by molar-refractivity contribution is 6.33. The second kappa shape index (κ2) is 2.35. The topological polar surface area (TPSA) is 0 Å². The summed E-state index contributed by atoms with van der Waals surface area (Å²) in [7, 11) is -0.0158. The molecule has 2 radical (unpaired) electrons. The molecule has 0 aromatic heterocycles. The van der Waals surface area contributed by atoms with Crippen LogP contribution in [0.4, 0.5) is 13.2 Å². The SMILES string of the molecule is C[Si]CC(F)(F)F. The minimum atomic E-state index is -3.94. The molecule has 0 aliphatic heterocycles. The first-order chi connectivity index (χ1) is 3.06. The summed E-state index contributed by atoms with van der Waals surface area (Å²) in [4.78, 5) is 0. The number of hydrogen-bond acceptors (Lipinski definition) is 0. The predicted molar refractivity (Wildman–Crippen MR) is 22.5 cm³/mol. The maximum Gasteiger partial charge on any atom is 0.386 e. The Hall–Kier alpha value is 0.00688. The van der Waals surface area contributed by atoms with Crippen LogP contribution in [-0.2, 0) is 0 Å². The first-order valence-corrected chi connectivity index (χ1v) is 3.48. The first-order valence-electron chi connectivity index (χ1n) is 1.77. The number of halogens is 3. The highest BCUT2D eigenvalue weighted by atomic mass is 28.2. The van der Waals surface area contributed by atoms with Crippen molar-refractivity contribution in [1.29, 1.82) is 0 Å². The van der Waals surface area contributed by atoms with E-state index in [2.05, 4.69) is 0 Å². The van der Waals surface area contributed by atoms with E-state index in [1.54, 1.807) is 0 Å². The third-order valence-corrected chi connectivity index (χ3v) is 1.13. The number of alkyl halides is 3. The Balaban J connectivity index is 3.15. The Kier molecular flexibility index (Phi) is 2.35. The second-order valence-electron chi connectivity index (χ2n) is 1.15. The molecule has 0 saturated heterocycles. The third kappa shape index (κ3) is 6.01. The summed E-state index contributed by atoms with van der Waals surface area (Å²) in [6.45, 7) is 1.54. The van der Waals surface area contributed by atoms with Gasteiger partial charge in [-0.25, -0.2) is 0 Å². The van der Waals surface area contributed by atoms with Gasteiger partial charge in [-0.05, 0) is 0 Å². The predicted octanol–water partition coefficient (Wildman–Crippen LogP) is 1.72. The van der Waals surface area contributed by atoms with Crippen LogP contribution in [0.1, 0.15) is 0 Å². The molecule has 0 amide bonds. The molecule has 0 spiro atoms. The van der Waals surface area contributed by atoms with Crippen LogP contribution < -0.4 is 0 Å². The van der Waals surface area contributed by atoms with Crippen molar-refractivity contribution in [3.8, 4) is 0 Å². The number of rotatable bonds is 1. The van der Waals surface area contributed by atoms with E-state index in [0.29, 0.717) is 0 Å². The van der Waals surface area contributed by atoms with Crippen molar-refractivity contribution in [1.82, 2.24) is 0 Å². The van der Waals surface area contributed by atoms with Crippen LogP contribution in [-0.4, -0.2) is 15.7 Å². The van der Waals surface area contributed by atoms with Gasteiger partial charge in [0.05, 0.1) is 0 Å². The summed E-state index contributed by atoms with van der Waals surface area (Å²) >= 11 is 0. The molecule has 0 unspecified atom stereocenters. The lowest BCUT2D eigenvalue weighted by molar-refractivity contribution is -0.109. The van der Waals surface area contributed by atoms with Gasteiger partial charge in [-0.1, -0.05) is 6.55 Å². The molecule has 7 heavy (non-hydrogen) atoms. The Morgan fingerprint density at radius 1 is 1.43 bits per heavy atom. The zero-order chi connectivity index (χ0) is 5.91. The Bertz CT molecular complexity index is 48.6. The highest BCUT2D eigenvalue weighted by Gasteiger charge is 2.24.